The fourth-order valence-electron chi connectivity index (χ4n) is 14.9. The average Bonchev–Trinajstić information content (AvgIpc) is 3.84. The lowest BCUT2D eigenvalue weighted by molar-refractivity contribution is 0.195. The van der Waals surface area contributed by atoms with Crippen molar-refractivity contribution in [1.29, 1.82) is 10.5 Å². The molecule has 4 heteroatoms. The van der Waals surface area contributed by atoms with Crippen LogP contribution in [0.1, 0.15) is 126 Å². The van der Waals surface area contributed by atoms with E-state index in [-0.39, 0.29) is 27.3 Å². The second kappa shape index (κ2) is 14.4. The van der Waals surface area contributed by atoms with Crippen LogP contribution in [0, 0.1) is 22.7 Å². The lowest BCUT2D eigenvalue weighted by atomic mass is 9.61. The van der Waals surface area contributed by atoms with Gasteiger partial charge in [0, 0.05) is 39.0 Å². The Bertz CT molecular complexity index is 3590. The normalized spacial score (nSPS) is 24.8. The lowest BCUT2D eigenvalue weighted by Crippen LogP contribution is -2.54. The first-order valence-corrected chi connectivity index (χ1v) is 25.4. The minimum atomic E-state index is -0.232. The van der Waals surface area contributed by atoms with Crippen molar-refractivity contribution in [3.8, 4) is 45.5 Å². The molecule has 338 valence electrons. The molecule has 8 aromatic carbocycles. The first kappa shape index (κ1) is 42.0. The van der Waals surface area contributed by atoms with Crippen LogP contribution in [0.3, 0.4) is 0 Å². The fourth-order valence-corrected chi connectivity index (χ4v) is 14.9. The second-order valence-electron chi connectivity index (χ2n) is 22.5. The number of hydrogen-bond donors (Lipinski definition) is 0. The summed E-state index contributed by atoms with van der Waals surface area (Å²) in [4.78, 5) is 5.19. The Morgan fingerprint density at radius 2 is 0.870 bits per heavy atom. The zero-order valence-corrected chi connectivity index (χ0v) is 40.8. The Balaban J connectivity index is 0.910. The van der Waals surface area contributed by atoms with Crippen LogP contribution < -0.4 is 9.80 Å². The van der Waals surface area contributed by atoms with Crippen molar-refractivity contribution in [3.05, 3.63) is 179 Å². The van der Waals surface area contributed by atoms with E-state index in [0.29, 0.717) is 11.1 Å². The van der Waals surface area contributed by atoms with Gasteiger partial charge in [0.15, 0.2) is 0 Å². The maximum atomic E-state index is 9.59. The monoisotopic (exact) mass is 894 g/mol. The molecule has 4 unspecified atom stereocenters. The van der Waals surface area contributed by atoms with Gasteiger partial charge in [-0.05, 0) is 202 Å². The molecule has 2 aliphatic heterocycles. The van der Waals surface area contributed by atoms with Crippen molar-refractivity contribution < 1.29 is 0 Å². The van der Waals surface area contributed by atoms with Gasteiger partial charge in [-0.2, -0.15) is 10.5 Å². The van der Waals surface area contributed by atoms with E-state index < -0.39 is 0 Å². The van der Waals surface area contributed by atoms with Crippen LogP contribution in [0.15, 0.2) is 146 Å². The quantitative estimate of drug-likeness (QED) is 0.165. The first-order valence-electron chi connectivity index (χ1n) is 25.4. The van der Waals surface area contributed by atoms with E-state index in [4.69, 9.17) is 0 Å². The Morgan fingerprint density at radius 3 is 1.39 bits per heavy atom. The van der Waals surface area contributed by atoms with Crippen LogP contribution in [0.4, 0.5) is 22.7 Å². The molecule has 13 rings (SSSR count). The topological polar surface area (TPSA) is 54.1 Å². The highest BCUT2D eigenvalue weighted by atomic mass is 15.3. The Labute approximate surface area is 407 Å². The molecule has 69 heavy (non-hydrogen) atoms. The molecule has 3 aliphatic carbocycles. The number of rotatable bonds is 4. The van der Waals surface area contributed by atoms with Gasteiger partial charge in [0.2, 0.25) is 0 Å². The van der Waals surface area contributed by atoms with Gasteiger partial charge in [0.25, 0.3) is 0 Å². The molecule has 2 heterocycles. The lowest BCUT2D eigenvalue weighted by Gasteiger charge is -2.50. The number of nitrogens with zero attached hydrogens (tertiary/aromatic N) is 4. The predicted molar refractivity (Wildman–Crippen MR) is 285 cm³/mol. The number of nitriles is 2. The smallest absolute Gasteiger partial charge is 0.0991 e. The largest absolute Gasteiger partial charge is 0.334 e. The minimum absolute atomic E-state index is 0.00582. The van der Waals surface area contributed by atoms with E-state index >= 15 is 0 Å². The third-order valence-electron chi connectivity index (χ3n) is 19.0. The minimum Gasteiger partial charge on any atom is -0.334 e. The Hall–Kier alpha value is -7.14. The maximum Gasteiger partial charge on any atom is 0.0991 e. The van der Waals surface area contributed by atoms with Crippen molar-refractivity contribution in [2.24, 2.45) is 0 Å². The van der Waals surface area contributed by atoms with Gasteiger partial charge in [0.05, 0.1) is 34.3 Å². The van der Waals surface area contributed by atoms with Crippen molar-refractivity contribution >= 4 is 44.3 Å². The van der Waals surface area contributed by atoms with Gasteiger partial charge < -0.3 is 9.80 Å². The summed E-state index contributed by atoms with van der Waals surface area (Å²) in [5, 5.41) is 24.4. The molecule has 0 N–H and O–H groups in total. The second-order valence-corrected chi connectivity index (χ2v) is 22.5. The Morgan fingerprint density at radius 1 is 0.420 bits per heavy atom. The summed E-state index contributed by atoms with van der Waals surface area (Å²) < 4.78 is 0. The third kappa shape index (κ3) is 5.50. The molecule has 4 nitrogen and oxygen atoms in total. The SMILES string of the molecule is CC1(C)c2cc(-c3ccc4c(c3)C3(C)CCCCC3(C)N4c3ccc(C#N)cc3)ccc2-c2c1c1ccc(-c3ccc4c(c3)C3(C)CCCCC3(C)N4c3ccc(C#N)cc3)cc1c1ccccc21. The van der Waals surface area contributed by atoms with E-state index in [2.05, 4.69) is 185 Å². The van der Waals surface area contributed by atoms with Gasteiger partial charge in [-0.25, -0.2) is 0 Å². The van der Waals surface area contributed by atoms with E-state index in [1.165, 1.54) is 126 Å². The van der Waals surface area contributed by atoms with Gasteiger partial charge in [-0.1, -0.05) is 114 Å². The van der Waals surface area contributed by atoms with Gasteiger partial charge in [-0.15, -0.1) is 0 Å². The van der Waals surface area contributed by atoms with E-state index in [1.807, 2.05) is 24.3 Å². The molecule has 2 saturated carbocycles. The van der Waals surface area contributed by atoms with E-state index in [0.717, 1.165) is 25.7 Å². The molecule has 0 spiro atoms. The van der Waals surface area contributed by atoms with E-state index in [1.54, 1.807) is 0 Å². The molecule has 4 atom stereocenters. The summed E-state index contributed by atoms with van der Waals surface area (Å²) >= 11 is 0. The summed E-state index contributed by atoms with van der Waals surface area (Å²) in [6, 6.07) is 59.2. The van der Waals surface area contributed by atoms with Gasteiger partial charge in [0.1, 0.15) is 0 Å². The maximum absolute atomic E-state index is 9.59. The zero-order chi connectivity index (χ0) is 47.2. The number of hydrogen-bond acceptors (Lipinski definition) is 4. The van der Waals surface area contributed by atoms with Crippen LogP contribution in [0.5, 0.6) is 0 Å². The number of anilines is 4. The zero-order valence-electron chi connectivity index (χ0n) is 40.8. The summed E-state index contributed by atoms with van der Waals surface area (Å²) in [6.07, 6.45) is 9.48. The van der Waals surface area contributed by atoms with Gasteiger partial charge >= 0.3 is 0 Å². The highest BCUT2D eigenvalue weighted by Crippen LogP contribution is 2.63. The van der Waals surface area contributed by atoms with Crippen LogP contribution in [0.25, 0.3) is 54.9 Å². The summed E-state index contributed by atoms with van der Waals surface area (Å²) in [5.41, 5.74) is 19.4. The van der Waals surface area contributed by atoms with Gasteiger partial charge in [-0.3, -0.25) is 0 Å². The highest BCUT2D eigenvalue weighted by molar-refractivity contribution is 6.19. The molecular formula is C65H58N4. The van der Waals surface area contributed by atoms with Crippen LogP contribution in [0.2, 0.25) is 0 Å². The molecule has 0 amide bonds. The Kier molecular flexibility index (Phi) is 8.79. The van der Waals surface area contributed by atoms with Crippen molar-refractivity contribution in [1.82, 2.24) is 0 Å². The third-order valence-corrected chi connectivity index (χ3v) is 19.0. The van der Waals surface area contributed by atoms with Crippen molar-refractivity contribution in [2.45, 2.75) is 120 Å². The first-order chi connectivity index (χ1) is 33.3. The number of fused-ring (bicyclic) bond motifs is 14. The molecule has 8 aromatic rings. The van der Waals surface area contributed by atoms with Crippen molar-refractivity contribution in [3.63, 3.8) is 0 Å². The summed E-state index contributed by atoms with van der Waals surface area (Å²) in [7, 11) is 0. The molecule has 2 fully saturated rings. The average molecular weight is 895 g/mol. The molecule has 0 bridgehead atoms. The molecular weight excluding hydrogens is 837 g/mol. The standard InChI is InChI=1S/C65H58N4/c1-61(2)54-36-44(46-22-30-58-56(38-46)63(4)32-10-12-34-65(63,6)69(58)48-25-17-42(40-67)18-26-48)20-28-52(54)59-50-14-8-7-13-49(50)53-35-43(19-27-51(53)60(59)61)45-21-29-57-55(37-45)62(3)31-9-11-33-64(62,5)68(57)47-23-15-41(39-66)16-24-47/h7-8,13-30,35-38H,9-12,31-34H2,1-6H3. The molecule has 0 aromatic heterocycles. The van der Waals surface area contributed by atoms with Crippen LogP contribution >= 0.6 is 0 Å². The van der Waals surface area contributed by atoms with Crippen LogP contribution in [-0.2, 0) is 16.2 Å². The highest BCUT2D eigenvalue weighted by Gasteiger charge is 2.59. The number of benzene rings is 8. The predicted octanol–water partition coefficient (Wildman–Crippen LogP) is 16.9. The molecule has 0 saturated heterocycles. The van der Waals surface area contributed by atoms with E-state index in [9.17, 15) is 10.5 Å². The van der Waals surface area contributed by atoms with Crippen molar-refractivity contribution in [2.75, 3.05) is 9.80 Å². The molecule has 0 radical (unpaired) electrons. The summed E-state index contributed by atoms with van der Waals surface area (Å²) in [6.45, 7) is 14.8. The fraction of sp³-hybridized carbons (Fsp3) is 0.292. The molecule has 5 aliphatic rings. The van der Waals surface area contributed by atoms with Crippen LogP contribution in [-0.4, -0.2) is 11.1 Å². The summed E-state index contributed by atoms with van der Waals surface area (Å²) in [5.74, 6) is 0.